The van der Waals surface area contributed by atoms with Crippen LogP contribution in [-0.4, -0.2) is 30.5 Å². The van der Waals surface area contributed by atoms with Crippen LogP contribution in [0.2, 0.25) is 0 Å². The Kier molecular flexibility index (Phi) is 3.74. The van der Waals surface area contributed by atoms with Gasteiger partial charge in [0, 0.05) is 13.0 Å². The highest BCUT2D eigenvalue weighted by atomic mass is 16.2. The van der Waals surface area contributed by atoms with Crippen molar-refractivity contribution in [2.75, 3.05) is 5.32 Å². The van der Waals surface area contributed by atoms with Crippen molar-refractivity contribution in [2.45, 2.75) is 64.0 Å². The number of hydrogen-bond acceptors (Lipinski definition) is 4. The van der Waals surface area contributed by atoms with Crippen molar-refractivity contribution < 1.29 is 4.79 Å². The number of amides is 1. The van der Waals surface area contributed by atoms with Gasteiger partial charge in [-0.2, -0.15) is 5.10 Å². The number of H-pyrrole nitrogens is 1. The lowest BCUT2D eigenvalue weighted by molar-refractivity contribution is -0.116. The summed E-state index contributed by atoms with van der Waals surface area (Å²) in [7, 11) is 0. The summed E-state index contributed by atoms with van der Waals surface area (Å²) in [6.45, 7) is 2.63. The highest BCUT2D eigenvalue weighted by Crippen LogP contribution is 2.37. The molecule has 0 spiro atoms. The minimum absolute atomic E-state index is 0.0817. The van der Waals surface area contributed by atoms with Crippen LogP contribution in [0.25, 0.3) is 0 Å². The van der Waals surface area contributed by atoms with E-state index >= 15 is 0 Å². The summed E-state index contributed by atoms with van der Waals surface area (Å²) in [6, 6.07) is 0.248. The Labute approximate surface area is 139 Å². The molecule has 1 amide bonds. The van der Waals surface area contributed by atoms with E-state index in [1.165, 1.54) is 12.7 Å². The minimum Gasteiger partial charge on any atom is -0.311 e. The lowest BCUT2D eigenvalue weighted by Crippen LogP contribution is -2.29. The average Bonchev–Trinajstić information content (AvgIpc) is 3.19. The Morgan fingerprint density at radius 1 is 1.25 bits per heavy atom. The van der Waals surface area contributed by atoms with Crippen molar-refractivity contribution in [1.82, 2.24) is 24.5 Å². The quantitative estimate of drug-likeness (QED) is 0.896. The zero-order valence-corrected chi connectivity index (χ0v) is 13.8. The third-order valence-corrected chi connectivity index (χ3v) is 5.15. The molecule has 1 aliphatic carbocycles. The molecule has 1 fully saturated rings. The normalized spacial score (nSPS) is 21.5. The van der Waals surface area contributed by atoms with Crippen molar-refractivity contribution in [3.05, 3.63) is 28.1 Å². The Morgan fingerprint density at radius 2 is 2.04 bits per heavy atom. The van der Waals surface area contributed by atoms with Gasteiger partial charge < -0.3 is 5.32 Å². The Morgan fingerprint density at radius 3 is 2.79 bits per heavy atom. The fourth-order valence-corrected chi connectivity index (χ4v) is 4.00. The molecular weight excluding hydrogens is 308 g/mol. The van der Waals surface area contributed by atoms with E-state index in [2.05, 4.69) is 20.5 Å². The van der Waals surface area contributed by atoms with E-state index in [0.29, 0.717) is 23.8 Å². The summed E-state index contributed by atoms with van der Waals surface area (Å²) < 4.78 is 3.64. The van der Waals surface area contributed by atoms with Gasteiger partial charge in [0.15, 0.2) is 0 Å². The molecule has 4 rings (SSSR count). The predicted molar refractivity (Wildman–Crippen MR) is 88.0 cm³/mol. The van der Waals surface area contributed by atoms with Crippen molar-refractivity contribution in [3.8, 4) is 0 Å². The maximum atomic E-state index is 12.7. The number of aromatic nitrogens is 5. The number of nitrogens with one attached hydrogen (secondary N) is 2. The standard InChI is InChI=1S/C16H22N6O2/c1-2-21-14(17-9-18-21)11-8-12(23)19-15-13(11)16(24)20-22(15)10-6-4-3-5-7-10/h9-11H,2-8H2,1H3,(H,19,23)(H,20,24)/t11-/m0/s1. The van der Waals surface area contributed by atoms with Gasteiger partial charge in [0.2, 0.25) is 5.91 Å². The summed E-state index contributed by atoms with van der Waals surface area (Å²) in [6.07, 6.45) is 7.31. The summed E-state index contributed by atoms with van der Waals surface area (Å²) in [5.74, 6) is 0.880. The van der Waals surface area contributed by atoms with E-state index in [9.17, 15) is 9.59 Å². The lowest BCUT2D eigenvalue weighted by Gasteiger charge is -2.27. The second-order valence-corrected chi connectivity index (χ2v) is 6.60. The molecule has 0 aromatic carbocycles. The van der Waals surface area contributed by atoms with Crippen LogP contribution in [0.3, 0.4) is 0 Å². The molecular formula is C16H22N6O2. The second kappa shape index (κ2) is 5.92. The molecule has 0 unspecified atom stereocenters. The van der Waals surface area contributed by atoms with E-state index in [0.717, 1.165) is 25.7 Å². The van der Waals surface area contributed by atoms with Crippen LogP contribution in [0.15, 0.2) is 11.1 Å². The van der Waals surface area contributed by atoms with Crippen LogP contribution < -0.4 is 10.9 Å². The molecule has 2 aromatic heterocycles. The SMILES string of the molecule is CCn1ncnc1[C@H]1CC(=O)Nc2c1c(=O)[nH]n2C1CCCCC1. The van der Waals surface area contributed by atoms with Crippen molar-refractivity contribution in [3.63, 3.8) is 0 Å². The number of fused-ring (bicyclic) bond motifs is 1. The molecule has 8 heteroatoms. The summed E-state index contributed by atoms with van der Waals surface area (Å²) in [5, 5.41) is 10.1. The number of aryl methyl sites for hydroxylation is 1. The number of rotatable bonds is 3. The predicted octanol–water partition coefficient (Wildman–Crippen LogP) is 1.77. The monoisotopic (exact) mass is 330 g/mol. The van der Waals surface area contributed by atoms with Crippen LogP contribution >= 0.6 is 0 Å². The molecule has 2 aromatic rings. The first kappa shape index (κ1) is 15.2. The lowest BCUT2D eigenvalue weighted by atomic mass is 9.92. The maximum absolute atomic E-state index is 12.7. The minimum atomic E-state index is -0.343. The van der Waals surface area contributed by atoms with E-state index < -0.39 is 0 Å². The van der Waals surface area contributed by atoms with Crippen LogP contribution in [0.1, 0.15) is 68.8 Å². The first-order chi connectivity index (χ1) is 11.7. The third kappa shape index (κ3) is 2.37. The van der Waals surface area contributed by atoms with Crippen molar-refractivity contribution in [2.24, 2.45) is 0 Å². The first-order valence-electron chi connectivity index (χ1n) is 8.71. The van der Waals surface area contributed by atoms with Gasteiger partial charge in [0.05, 0.1) is 17.5 Å². The molecule has 1 aliphatic heterocycles. The number of anilines is 1. The second-order valence-electron chi connectivity index (χ2n) is 6.60. The molecule has 0 bridgehead atoms. The van der Waals surface area contributed by atoms with Crippen LogP contribution in [0.5, 0.6) is 0 Å². The van der Waals surface area contributed by atoms with Crippen LogP contribution in [0, 0.1) is 0 Å². The van der Waals surface area contributed by atoms with Gasteiger partial charge in [0.25, 0.3) is 5.56 Å². The van der Waals surface area contributed by atoms with E-state index in [1.54, 1.807) is 4.68 Å². The number of carbonyl (C=O) groups excluding carboxylic acids is 1. The highest BCUT2D eigenvalue weighted by molar-refractivity contribution is 5.94. The van der Waals surface area contributed by atoms with Gasteiger partial charge in [-0.3, -0.25) is 19.4 Å². The topological polar surface area (TPSA) is 97.6 Å². The molecule has 2 N–H and O–H groups in total. The Balaban J connectivity index is 1.81. The van der Waals surface area contributed by atoms with Crippen LogP contribution in [-0.2, 0) is 11.3 Å². The third-order valence-electron chi connectivity index (χ3n) is 5.15. The van der Waals surface area contributed by atoms with Crippen LogP contribution in [0.4, 0.5) is 5.82 Å². The van der Waals surface area contributed by atoms with Gasteiger partial charge in [-0.1, -0.05) is 19.3 Å². The molecule has 0 saturated heterocycles. The molecule has 8 nitrogen and oxygen atoms in total. The fraction of sp³-hybridized carbons (Fsp3) is 0.625. The first-order valence-corrected chi connectivity index (χ1v) is 8.71. The molecule has 24 heavy (non-hydrogen) atoms. The largest absolute Gasteiger partial charge is 0.311 e. The summed E-state index contributed by atoms with van der Waals surface area (Å²) in [4.78, 5) is 29.2. The molecule has 1 atom stereocenters. The smallest absolute Gasteiger partial charge is 0.270 e. The summed E-state index contributed by atoms with van der Waals surface area (Å²) >= 11 is 0. The van der Waals surface area contributed by atoms with Crippen molar-refractivity contribution >= 4 is 11.7 Å². The Bertz CT molecular complexity index is 811. The van der Waals surface area contributed by atoms with E-state index in [-0.39, 0.29) is 29.8 Å². The molecule has 2 aliphatic rings. The highest BCUT2D eigenvalue weighted by Gasteiger charge is 2.36. The van der Waals surface area contributed by atoms with E-state index in [1.807, 2.05) is 11.6 Å². The summed E-state index contributed by atoms with van der Waals surface area (Å²) in [5.41, 5.74) is 0.481. The number of nitrogens with zero attached hydrogens (tertiary/aromatic N) is 4. The number of hydrogen-bond donors (Lipinski definition) is 2. The van der Waals surface area contributed by atoms with Gasteiger partial charge in [-0.15, -0.1) is 0 Å². The molecule has 128 valence electrons. The molecule has 1 saturated carbocycles. The van der Waals surface area contributed by atoms with Gasteiger partial charge in [0.1, 0.15) is 18.0 Å². The Hall–Kier alpha value is -2.38. The van der Waals surface area contributed by atoms with Gasteiger partial charge >= 0.3 is 0 Å². The van der Waals surface area contributed by atoms with Gasteiger partial charge in [-0.25, -0.2) is 9.67 Å². The zero-order valence-electron chi connectivity index (χ0n) is 13.8. The van der Waals surface area contributed by atoms with E-state index in [4.69, 9.17) is 0 Å². The number of carbonyl (C=O) groups is 1. The number of aromatic amines is 1. The van der Waals surface area contributed by atoms with Crippen molar-refractivity contribution in [1.29, 1.82) is 0 Å². The average molecular weight is 330 g/mol. The molecule has 3 heterocycles. The maximum Gasteiger partial charge on any atom is 0.270 e. The zero-order chi connectivity index (χ0) is 16.7. The molecule has 0 radical (unpaired) electrons. The van der Waals surface area contributed by atoms with Gasteiger partial charge in [-0.05, 0) is 19.8 Å². The fourth-order valence-electron chi connectivity index (χ4n) is 4.00.